The molecular weight excluding hydrogens is 326 g/mol. The Balaban J connectivity index is 1.59. The van der Waals surface area contributed by atoms with Gasteiger partial charge in [0.2, 0.25) is 5.91 Å². The van der Waals surface area contributed by atoms with Crippen molar-refractivity contribution in [3.05, 3.63) is 35.4 Å². The zero-order valence-electron chi connectivity index (χ0n) is 16.2. The maximum Gasteiger partial charge on any atom is 0.222 e. The van der Waals surface area contributed by atoms with Crippen molar-refractivity contribution in [1.29, 1.82) is 0 Å². The smallest absolute Gasteiger partial charge is 0.222 e. The van der Waals surface area contributed by atoms with Crippen LogP contribution >= 0.6 is 0 Å². The van der Waals surface area contributed by atoms with E-state index >= 15 is 0 Å². The molecular formula is C21H33N3O2. The minimum Gasteiger partial charge on any atom is -0.378 e. The second-order valence-corrected chi connectivity index (χ2v) is 7.76. The highest BCUT2D eigenvalue weighted by Gasteiger charge is 2.25. The van der Waals surface area contributed by atoms with Gasteiger partial charge in [0.15, 0.2) is 0 Å². The molecule has 2 saturated heterocycles. The Morgan fingerprint density at radius 3 is 2.58 bits per heavy atom. The molecule has 2 heterocycles. The van der Waals surface area contributed by atoms with Crippen molar-refractivity contribution in [3.63, 3.8) is 0 Å². The molecule has 2 aliphatic heterocycles. The number of hydrogen-bond acceptors (Lipinski definition) is 4. The number of ether oxygens (including phenoxy) is 1. The zero-order chi connectivity index (χ0) is 18.4. The molecule has 5 nitrogen and oxygen atoms in total. The van der Waals surface area contributed by atoms with Crippen LogP contribution in [0.5, 0.6) is 0 Å². The lowest BCUT2D eigenvalue weighted by atomic mass is 10.0. The van der Waals surface area contributed by atoms with Crippen LogP contribution in [0.1, 0.15) is 42.9 Å². The molecule has 2 unspecified atom stereocenters. The molecule has 0 spiro atoms. The Morgan fingerprint density at radius 1 is 1.19 bits per heavy atom. The number of nitrogens with zero attached hydrogens (tertiary/aromatic N) is 2. The monoisotopic (exact) mass is 359 g/mol. The quantitative estimate of drug-likeness (QED) is 0.847. The van der Waals surface area contributed by atoms with E-state index in [1.54, 1.807) is 0 Å². The van der Waals surface area contributed by atoms with Crippen LogP contribution in [0.2, 0.25) is 0 Å². The first-order chi connectivity index (χ1) is 12.6. The van der Waals surface area contributed by atoms with E-state index < -0.39 is 0 Å². The topological polar surface area (TPSA) is 44.8 Å². The van der Waals surface area contributed by atoms with Crippen LogP contribution in [0.25, 0.3) is 0 Å². The minimum atomic E-state index is 0.102. The average molecular weight is 360 g/mol. The molecule has 5 heteroatoms. The number of rotatable bonds is 6. The third kappa shape index (κ3) is 5.53. The minimum absolute atomic E-state index is 0.102. The van der Waals surface area contributed by atoms with Gasteiger partial charge in [-0.3, -0.25) is 9.69 Å². The van der Waals surface area contributed by atoms with Gasteiger partial charge in [0.05, 0.1) is 18.6 Å². The van der Waals surface area contributed by atoms with Crippen molar-refractivity contribution >= 4 is 5.91 Å². The van der Waals surface area contributed by atoms with Crippen LogP contribution in [0.4, 0.5) is 0 Å². The number of benzene rings is 1. The normalized spacial score (nSPS) is 23.5. The standard InChI is InChI=1S/C21H33N3O2/c1-17-6-8-18(9-7-17)20(24-12-10-23(2)11-13-24)16-22-21(25)15-19-5-3-4-14-26-19/h6-9,19-20H,3-5,10-16H2,1-2H3,(H,22,25). The number of carbonyl (C=O) groups is 1. The van der Waals surface area contributed by atoms with Gasteiger partial charge in [-0.05, 0) is 38.8 Å². The van der Waals surface area contributed by atoms with Crippen LogP contribution in [0, 0.1) is 6.92 Å². The summed E-state index contributed by atoms with van der Waals surface area (Å²) in [5, 5.41) is 3.18. The Kier molecular flexibility index (Phi) is 7.06. The molecule has 0 aliphatic carbocycles. The molecule has 2 atom stereocenters. The Morgan fingerprint density at radius 2 is 1.92 bits per heavy atom. The van der Waals surface area contributed by atoms with Crippen molar-refractivity contribution < 1.29 is 9.53 Å². The average Bonchev–Trinajstić information content (AvgIpc) is 2.65. The summed E-state index contributed by atoms with van der Waals surface area (Å²) in [5.41, 5.74) is 2.55. The van der Waals surface area contributed by atoms with E-state index in [0.29, 0.717) is 13.0 Å². The van der Waals surface area contributed by atoms with Gasteiger partial charge in [-0.1, -0.05) is 29.8 Å². The Labute approximate surface area is 157 Å². The first kappa shape index (κ1) is 19.3. The molecule has 144 valence electrons. The first-order valence-electron chi connectivity index (χ1n) is 9.99. The molecule has 26 heavy (non-hydrogen) atoms. The summed E-state index contributed by atoms with van der Waals surface area (Å²) >= 11 is 0. The number of likely N-dealkylation sites (N-methyl/N-ethyl adjacent to an activating group) is 1. The second-order valence-electron chi connectivity index (χ2n) is 7.76. The molecule has 1 amide bonds. The van der Waals surface area contributed by atoms with Crippen LogP contribution in [0.3, 0.4) is 0 Å². The predicted octanol–water partition coefficient (Wildman–Crippen LogP) is 2.36. The fraction of sp³-hybridized carbons (Fsp3) is 0.667. The summed E-state index contributed by atoms with van der Waals surface area (Å²) in [6, 6.07) is 8.97. The van der Waals surface area contributed by atoms with Gasteiger partial charge in [-0.25, -0.2) is 0 Å². The number of amides is 1. The van der Waals surface area contributed by atoms with Crippen molar-refractivity contribution in [2.24, 2.45) is 0 Å². The van der Waals surface area contributed by atoms with Gasteiger partial charge >= 0.3 is 0 Å². The van der Waals surface area contributed by atoms with Gasteiger partial charge in [0, 0.05) is 39.3 Å². The number of piperazine rings is 1. The summed E-state index contributed by atoms with van der Waals surface area (Å²) in [4.78, 5) is 17.3. The highest BCUT2D eigenvalue weighted by atomic mass is 16.5. The molecule has 2 aliphatic rings. The molecule has 1 N–H and O–H groups in total. The summed E-state index contributed by atoms with van der Waals surface area (Å²) in [5.74, 6) is 0.114. The van der Waals surface area contributed by atoms with Crippen molar-refractivity contribution in [2.75, 3.05) is 46.4 Å². The van der Waals surface area contributed by atoms with Crippen molar-refractivity contribution in [3.8, 4) is 0 Å². The van der Waals surface area contributed by atoms with Crippen molar-refractivity contribution in [1.82, 2.24) is 15.1 Å². The van der Waals surface area contributed by atoms with Crippen LogP contribution in [-0.2, 0) is 9.53 Å². The van der Waals surface area contributed by atoms with Crippen LogP contribution in [-0.4, -0.2) is 68.2 Å². The molecule has 1 aromatic rings. The lowest BCUT2D eigenvalue weighted by Crippen LogP contribution is -2.48. The van der Waals surface area contributed by atoms with Gasteiger partial charge in [-0.15, -0.1) is 0 Å². The molecule has 1 aromatic carbocycles. The van der Waals surface area contributed by atoms with Crippen LogP contribution in [0.15, 0.2) is 24.3 Å². The fourth-order valence-electron chi connectivity index (χ4n) is 3.84. The summed E-state index contributed by atoms with van der Waals surface area (Å²) < 4.78 is 5.70. The molecule has 0 radical (unpaired) electrons. The number of hydrogen-bond donors (Lipinski definition) is 1. The lowest BCUT2D eigenvalue weighted by Gasteiger charge is -2.38. The maximum atomic E-state index is 12.4. The third-order valence-corrected chi connectivity index (χ3v) is 5.62. The number of aryl methyl sites for hydroxylation is 1. The van der Waals surface area contributed by atoms with Gasteiger partial charge in [0.1, 0.15) is 0 Å². The molecule has 0 bridgehead atoms. The predicted molar refractivity (Wildman–Crippen MR) is 104 cm³/mol. The van der Waals surface area contributed by atoms with E-state index in [9.17, 15) is 4.79 Å². The lowest BCUT2D eigenvalue weighted by molar-refractivity contribution is -0.125. The number of carbonyl (C=O) groups excluding carboxylic acids is 1. The van der Waals surface area contributed by atoms with E-state index in [1.165, 1.54) is 17.5 Å². The summed E-state index contributed by atoms with van der Waals surface area (Å²) in [7, 11) is 2.17. The van der Waals surface area contributed by atoms with E-state index in [4.69, 9.17) is 4.74 Å². The SMILES string of the molecule is Cc1ccc(C(CNC(=O)CC2CCCCO2)N2CCN(C)CC2)cc1. The van der Waals surface area contributed by atoms with E-state index in [1.807, 2.05) is 0 Å². The molecule has 2 fully saturated rings. The van der Waals surface area contributed by atoms with Gasteiger partial charge in [0.25, 0.3) is 0 Å². The second kappa shape index (κ2) is 9.49. The highest BCUT2D eigenvalue weighted by molar-refractivity contribution is 5.76. The molecule has 0 aromatic heterocycles. The first-order valence-corrected chi connectivity index (χ1v) is 9.99. The summed E-state index contributed by atoms with van der Waals surface area (Å²) in [6.07, 6.45) is 3.89. The maximum absolute atomic E-state index is 12.4. The zero-order valence-corrected chi connectivity index (χ0v) is 16.2. The van der Waals surface area contributed by atoms with E-state index in [-0.39, 0.29) is 18.1 Å². The Bertz CT molecular complexity index is 561. The van der Waals surface area contributed by atoms with Gasteiger partial charge < -0.3 is 15.0 Å². The molecule has 0 saturated carbocycles. The number of nitrogens with one attached hydrogen (secondary N) is 1. The molecule has 3 rings (SSSR count). The largest absolute Gasteiger partial charge is 0.378 e. The van der Waals surface area contributed by atoms with Gasteiger partial charge in [-0.2, -0.15) is 0 Å². The van der Waals surface area contributed by atoms with E-state index in [0.717, 1.165) is 45.6 Å². The fourth-order valence-corrected chi connectivity index (χ4v) is 3.84. The van der Waals surface area contributed by atoms with Crippen LogP contribution < -0.4 is 5.32 Å². The highest BCUT2D eigenvalue weighted by Crippen LogP contribution is 2.22. The third-order valence-electron chi connectivity index (χ3n) is 5.62. The van der Waals surface area contributed by atoms with Crippen molar-refractivity contribution in [2.45, 2.75) is 44.8 Å². The summed E-state index contributed by atoms with van der Waals surface area (Å²) in [6.45, 7) is 7.80. The Hall–Kier alpha value is -1.43. The van der Waals surface area contributed by atoms with E-state index in [2.05, 4.69) is 53.4 Å².